The maximum atomic E-state index is 13.4. The van der Waals surface area contributed by atoms with E-state index in [-0.39, 0.29) is 17.4 Å². The molecule has 0 atom stereocenters. The highest BCUT2D eigenvalue weighted by Crippen LogP contribution is 2.27. The number of rotatable bonds is 3. The predicted molar refractivity (Wildman–Crippen MR) is 49.5 cm³/mol. The smallest absolute Gasteiger partial charge is 0.340 e. The lowest BCUT2D eigenvalue weighted by molar-refractivity contribution is 0.0691. The predicted octanol–water partition coefficient (Wildman–Crippen LogP) is 2.58. The summed E-state index contributed by atoms with van der Waals surface area (Å²) in [7, 11) is 0. The van der Waals surface area contributed by atoms with Crippen LogP contribution in [0.3, 0.4) is 0 Å². The van der Waals surface area contributed by atoms with Crippen LogP contribution in [0.5, 0.6) is 5.75 Å². The first-order chi connectivity index (χ1) is 6.57. The summed E-state index contributed by atoms with van der Waals surface area (Å²) in [5.41, 5.74) is -0.558. The molecular weight excluding hydrogens is 211 g/mol. The summed E-state index contributed by atoms with van der Waals surface area (Å²) in [6.45, 7) is 1.94. The van der Waals surface area contributed by atoms with Gasteiger partial charge < -0.3 is 9.84 Å². The largest absolute Gasteiger partial charge is 0.491 e. The van der Waals surface area contributed by atoms with E-state index in [1.807, 2.05) is 0 Å². The SMILES string of the molecule is CCOc1ccc(Cl)c(C(=O)O)c1F. The van der Waals surface area contributed by atoms with Gasteiger partial charge in [-0.1, -0.05) is 11.6 Å². The number of carbonyl (C=O) groups is 1. The van der Waals surface area contributed by atoms with E-state index in [1.54, 1.807) is 6.92 Å². The minimum atomic E-state index is -1.41. The quantitative estimate of drug-likeness (QED) is 0.848. The lowest BCUT2D eigenvalue weighted by atomic mass is 10.2. The minimum absolute atomic E-state index is 0.102. The van der Waals surface area contributed by atoms with E-state index in [4.69, 9.17) is 21.4 Å². The Hall–Kier alpha value is -1.29. The Kier molecular flexibility index (Phi) is 3.30. The molecule has 76 valence electrons. The van der Waals surface area contributed by atoms with Crippen LogP contribution in [-0.2, 0) is 0 Å². The lowest BCUT2D eigenvalue weighted by Crippen LogP contribution is -2.04. The zero-order valence-corrected chi connectivity index (χ0v) is 8.14. The fraction of sp³-hybridized carbons (Fsp3) is 0.222. The lowest BCUT2D eigenvalue weighted by Gasteiger charge is -2.07. The number of hydrogen-bond acceptors (Lipinski definition) is 2. The van der Waals surface area contributed by atoms with Crippen LogP contribution in [-0.4, -0.2) is 17.7 Å². The fourth-order valence-corrected chi connectivity index (χ4v) is 1.22. The molecule has 0 fully saturated rings. The van der Waals surface area contributed by atoms with E-state index in [0.717, 1.165) is 0 Å². The molecule has 0 aliphatic carbocycles. The molecule has 0 saturated carbocycles. The number of carboxylic acids is 1. The van der Waals surface area contributed by atoms with E-state index >= 15 is 0 Å². The van der Waals surface area contributed by atoms with E-state index in [2.05, 4.69) is 0 Å². The van der Waals surface area contributed by atoms with Crippen molar-refractivity contribution < 1.29 is 19.0 Å². The topological polar surface area (TPSA) is 46.5 Å². The van der Waals surface area contributed by atoms with Crippen molar-refractivity contribution >= 4 is 17.6 Å². The molecule has 0 aliphatic rings. The van der Waals surface area contributed by atoms with Gasteiger partial charge in [0, 0.05) is 0 Å². The van der Waals surface area contributed by atoms with Gasteiger partial charge in [0.25, 0.3) is 0 Å². The molecule has 1 aromatic carbocycles. The van der Waals surface area contributed by atoms with Crippen molar-refractivity contribution in [2.45, 2.75) is 6.92 Å². The highest BCUT2D eigenvalue weighted by atomic mass is 35.5. The van der Waals surface area contributed by atoms with Gasteiger partial charge in [-0.15, -0.1) is 0 Å². The summed E-state index contributed by atoms with van der Waals surface area (Å²) >= 11 is 5.52. The van der Waals surface area contributed by atoms with Crippen LogP contribution in [0, 0.1) is 5.82 Å². The van der Waals surface area contributed by atoms with E-state index in [9.17, 15) is 9.18 Å². The van der Waals surface area contributed by atoms with E-state index < -0.39 is 17.3 Å². The van der Waals surface area contributed by atoms with Crippen molar-refractivity contribution in [2.75, 3.05) is 6.61 Å². The first kappa shape index (κ1) is 10.8. The van der Waals surface area contributed by atoms with E-state index in [0.29, 0.717) is 0 Å². The van der Waals surface area contributed by atoms with Crippen LogP contribution in [0.2, 0.25) is 5.02 Å². The molecule has 0 spiro atoms. The maximum Gasteiger partial charge on any atom is 0.340 e. The van der Waals surface area contributed by atoms with Crippen LogP contribution in [0.1, 0.15) is 17.3 Å². The Labute approximate surface area is 85.1 Å². The summed E-state index contributed by atoms with van der Waals surface area (Å²) < 4.78 is 18.3. The highest BCUT2D eigenvalue weighted by Gasteiger charge is 2.18. The molecule has 0 unspecified atom stereocenters. The molecule has 3 nitrogen and oxygen atoms in total. The average Bonchev–Trinajstić information content (AvgIpc) is 2.10. The van der Waals surface area contributed by atoms with Crippen molar-refractivity contribution in [1.29, 1.82) is 0 Å². The highest BCUT2D eigenvalue weighted by molar-refractivity contribution is 6.33. The molecule has 5 heteroatoms. The molecule has 0 bridgehead atoms. The number of carboxylic acid groups (broad SMARTS) is 1. The zero-order chi connectivity index (χ0) is 10.7. The van der Waals surface area contributed by atoms with Crippen LogP contribution < -0.4 is 4.74 Å². The van der Waals surface area contributed by atoms with Gasteiger partial charge in [-0.05, 0) is 19.1 Å². The normalized spacial score (nSPS) is 9.93. The monoisotopic (exact) mass is 218 g/mol. The Morgan fingerprint density at radius 3 is 2.79 bits per heavy atom. The number of halogens is 2. The summed E-state index contributed by atoms with van der Waals surface area (Å²) in [5.74, 6) is -2.45. The third-order valence-electron chi connectivity index (χ3n) is 1.57. The molecule has 1 rings (SSSR count). The second kappa shape index (κ2) is 4.28. The number of ether oxygens (including phenoxy) is 1. The van der Waals surface area contributed by atoms with Crippen molar-refractivity contribution in [1.82, 2.24) is 0 Å². The Bertz CT molecular complexity index is 365. The van der Waals surface area contributed by atoms with Crippen molar-refractivity contribution in [3.05, 3.63) is 28.5 Å². The van der Waals surface area contributed by atoms with Gasteiger partial charge in [0.15, 0.2) is 11.6 Å². The van der Waals surface area contributed by atoms with Crippen molar-refractivity contribution in [3.63, 3.8) is 0 Å². The van der Waals surface area contributed by atoms with E-state index in [1.165, 1.54) is 12.1 Å². The van der Waals surface area contributed by atoms with Gasteiger partial charge in [0.2, 0.25) is 0 Å². The molecule has 0 saturated heterocycles. The van der Waals surface area contributed by atoms with Crippen molar-refractivity contribution in [3.8, 4) is 5.75 Å². The number of hydrogen-bond donors (Lipinski definition) is 1. The molecule has 0 radical (unpaired) electrons. The maximum absolute atomic E-state index is 13.4. The average molecular weight is 219 g/mol. The van der Waals surface area contributed by atoms with Crippen LogP contribution in [0.4, 0.5) is 4.39 Å². The number of aromatic carboxylic acids is 1. The zero-order valence-electron chi connectivity index (χ0n) is 7.38. The van der Waals surface area contributed by atoms with Gasteiger partial charge in [0.1, 0.15) is 5.56 Å². The van der Waals surface area contributed by atoms with Gasteiger partial charge in [-0.2, -0.15) is 0 Å². The van der Waals surface area contributed by atoms with Crippen LogP contribution in [0.25, 0.3) is 0 Å². The molecule has 0 aliphatic heterocycles. The van der Waals surface area contributed by atoms with Crippen LogP contribution >= 0.6 is 11.6 Å². The van der Waals surface area contributed by atoms with Crippen molar-refractivity contribution in [2.24, 2.45) is 0 Å². The first-order valence-electron chi connectivity index (χ1n) is 3.92. The van der Waals surface area contributed by atoms with Gasteiger partial charge in [-0.25, -0.2) is 9.18 Å². The molecule has 1 aromatic rings. The summed E-state index contributed by atoms with van der Waals surface area (Å²) in [4.78, 5) is 10.6. The first-order valence-corrected chi connectivity index (χ1v) is 4.29. The van der Waals surface area contributed by atoms with Crippen LogP contribution in [0.15, 0.2) is 12.1 Å². The standard InChI is InChI=1S/C9H8ClFO3/c1-2-14-6-4-3-5(10)7(8(6)11)9(12)13/h3-4H,2H2,1H3,(H,12,13). The Balaban J connectivity index is 3.26. The van der Waals surface area contributed by atoms with Gasteiger partial charge in [-0.3, -0.25) is 0 Å². The molecule has 14 heavy (non-hydrogen) atoms. The summed E-state index contributed by atoms with van der Waals surface area (Å²) in [6.07, 6.45) is 0. The summed E-state index contributed by atoms with van der Waals surface area (Å²) in [6, 6.07) is 2.59. The summed E-state index contributed by atoms with van der Waals surface area (Å²) in [5, 5.41) is 8.52. The number of benzene rings is 1. The third kappa shape index (κ3) is 1.96. The molecule has 1 N–H and O–H groups in total. The second-order valence-corrected chi connectivity index (χ2v) is 2.88. The minimum Gasteiger partial charge on any atom is -0.491 e. The van der Waals surface area contributed by atoms with Gasteiger partial charge >= 0.3 is 5.97 Å². The fourth-order valence-electron chi connectivity index (χ4n) is 0.996. The van der Waals surface area contributed by atoms with Gasteiger partial charge in [0.05, 0.1) is 11.6 Å². The second-order valence-electron chi connectivity index (χ2n) is 2.47. The third-order valence-corrected chi connectivity index (χ3v) is 1.88. The Morgan fingerprint density at radius 1 is 1.64 bits per heavy atom. The molecular formula is C9H8ClFO3. The Morgan fingerprint density at radius 2 is 2.29 bits per heavy atom. The molecule has 0 aromatic heterocycles. The molecule has 0 heterocycles. The molecule has 0 amide bonds.